The molecule has 3 aromatic rings. The highest BCUT2D eigenvalue weighted by molar-refractivity contribution is 5.83. The maximum atomic E-state index is 9.18. The molecule has 1 heteroatoms. The summed E-state index contributed by atoms with van der Waals surface area (Å²) in [6.07, 6.45) is 1.10. The SMILES string of the molecule is C[C@H]1Cc2ccc(C#N)cc2[C@@H]1c1ccc2ccccc2c1. The zero-order valence-corrected chi connectivity index (χ0v) is 12.6. The average molecular weight is 283 g/mol. The molecule has 4 rings (SSSR count). The molecule has 0 saturated carbocycles. The summed E-state index contributed by atoms with van der Waals surface area (Å²) in [6.45, 7) is 2.31. The van der Waals surface area contributed by atoms with Crippen molar-refractivity contribution >= 4 is 10.8 Å². The summed E-state index contributed by atoms with van der Waals surface area (Å²) in [5.41, 5.74) is 4.85. The van der Waals surface area contributed by atoms with Crippen LogP contribution in [0.2, 0.25) is 0 Å². The van der Waals surface area contributed by atoms with Crippen molar-refractivity contribution in [3.05, 3.63) is 82.9 Å². The standard InChI is InChI=1S/C21H17N/c1-14-10-18-7-6-15(13-22)11-20(18)21(14)19-9-8-16-4-2-3-5-17(16)12-19/h2-9,11-12,14,21H,10H2,1H3/t14-,21-/m0/s1. The van der Waals surface area contributed by atoms with Crippen molar-refractivity contribution in [3.63, 3.8) is 0 Å². The summed E-state index contributed by atoms with van der Waals surface area (Å²) in [5, 5.41) is 11.8. The van der Waals surface area contributed by atoms with Crippen molar-refractivity contribution in [1.82, 2.24) is 0 Å². The number of hydrogen-bond donors (Lipinski definition) is 0. The highest BCUT2D eigenvalue weighted by Crippen LogP contribution is 2.43. The van der Waals surface area contributed by atoms with E-state index >= 15 is 0 Å². The fourth-order valence-electron chi connectivity index (χ4n) is 3.82. The largest absolute Gasteiger partial charge is 0.192 e. The third-order valence-corrected chi connectivity index (χ3v) is 4.85. The van der Waals surface area contributed by atoms with E-state index in [2.05, 4.69) is 67.6 Å². The van der Waals surface area contributed by atoms with E-state index in [-0.39, 0.29) is 0 Å². The molecule has 0 heterocycles. The Balaban J connectivity index is 1.86. The molecule has 106 valence electrons. The number of benzene rings is 3. The maximum absolute atomic E-state index is 9.18. The van der Waals surface area contributed by atoms with Crippen LogP contribution < -0.4 is 0 Å². The summed E-state index contributed by atoms with van der Waals surface area (Å²) in [4.78, 5) is 0. The topological polar surface area (TPSA) is 23.8 Å². The summed E-state index contributed by atoms with van der Waals surface area (Å²) >= 11 is 0. The third-order valence-electron chi connectivity index (χ3n) is 4.85. The molecule has 1 nitrogen and oxygen atoms in total. The van der Waals surface area contributed by atoms with Crippen LogP contribution in [-0.2, 0) is 6.42 Å². The summed E-state index contributed by atoms with van der Waals surface area (Å²) in [7, 11) is 0. The monoisotopic (exact) mass is 283 g/mol. The van der Waals surface area contributed by atoms with Crippen molar-refractivity contribution in [1.29, 1.82) is 5.26 Å². The highest BCUT2D eigenvalue weighted by Gasteiger charge is 2.30. The Bertz CT molecular complexity index is 901. The van der Waals surface area contributed by atoms with Gasteiger partial charge < -0.3 is 0 Å². The molecular formula is C21H17N. The van der Waals surface area contributed by atoms with Gasteiger partial charge in [0.25, 0.3) is 0 Å². The number of nitrogens with zero attached hydrogens (tertiary/aromatic N) is 1. The normalized spacial score (nSPS) is 19.8. The molecule has 22 heavy (non-hydrogen) atoms. The van der Waals surface area contributed by atoms with Crippen molar-refractivity contribution in [2.45, 2.75) is 19.3 Å². The summed E-state index contributed by atoms with van der Waals surface area (Å²) in [5.74, 6) is 0.970. The third kappa shape index (κ3) is 2.00. The van der Waals surface area contributed by atoms with Crippen molar-refractivity contribution < 1.29 is 0 Å². The summed E-state index contributed by atoms with van der Waals surface area (Å²) < 4.78 is 0. The lowest BCUT2D eigenvalue weighted by atomic mass is 9.85. The summed E-state index contributed by atoms with van der Waals surface area (Å²) in [6, 6.07) is 23.7. The van der Waals surface area contributed by atoms with Gasteiger partial charge in [0, 0.05) is 5.92 Å². The average Bonchev–Trinajstić information content (AvgIpc) is 2.89. The molecular weight excluding hydrogens is 266 g/mol. The molecule has 0 aliphatic heterocycles. The minimum atomic E-state index is 0.396. The van der Waals surface area contributed by atoms with E-state index in [1.54, 1.807) is 0 Å². The minimum absolute atomic E-state index is 0.396. The van der Waals surface area contributed by atoms with E-state index in [1.165, 1.54) is 27.5 Å². The molecule has 0 saturated heterocycles. The zero-order valence-electron chi connectivity index (χ0n) is 12.6. The first-order valence-electron chi connectivity index (χ1n) is 7.78. The van der Waals surface area contributed by atoms with E-state index in [4.69, 9.17) is 0 Å². The van der Waals surface area contributed by atoms with E-state index in [0.717, 1.165) is 12.0 Å². The lowest BCUT2D eigenvalue weighted by molar-refractivity contribution is 0.558. The van der Waals surface area contributed by atoms with Crippen LogP contribution in [-0.4, -0.2) is 0 Å². The molecule has 0 N–H and O–H groups in total. The Labute approximate surface area is 130 Å². The van der Waals surface area contributed by atoms with E-state index < -0.39 is 0 Å². The Morgan fingerprint density at radius 1 is 0.955 bits per heavy atom. The molecule has 0 aromatic heterocycles. The van der Waals surface area contributed by atoms with Crippen LogP contribution in [0.4, 0.5) is 0 Å². The first-order valence-corrected chi connectivity index (χ1v) is 7.78. The molecule has 3 aromatic carbocycles. The second kappa shape index (κ2) is 5.00. The molecule has 1 aliphatic carbocycles. The van der Waals surface area contributed by atoms with Gasteiger partial charge in [-0.1, -0.05) is 55.5 Å². The predicted octanol–water partition coefficient (Wildman–Crippen LogP) is 5.04. The molecule has 0 unspecified atom stereocenters. The lowest BCUT2D eigenvalue weighted by Gasteiger charge is -2.18. The van der Waals surface area contributed by atoms with Crippen LogP contribution in [0.15, 0.2) is 60.7 Å². The molecule has 0 radical (unpaired) electrons. The Kier molecular flexibility index (Phi) is 2.98. The lowest BCUT2D eigenvalue weighted by Crippen LogP contribution is -2.05. The van der Waals surface area contributed by atoms with Crippen LogP contribution in [0.3, 0.4) is 0 Å². The van der Waals surface area contributed by atoms with Crippen molar-refractivity contribution in [3.8, 4) is 6.07 Å². The number of fused-ring (bicyclic) bond motifs is 2. The minimum Gasteiger partial charge on any atom is -0.192 e. The van der Waals surface area contributed by atoms with E-state index in [0.29, 0.717) is 11.8 Å². The van der Waals surface area contributed by atoms with Crippen LogP contribution >= 0.6 is 0 Å². The molecule has 2 atom stereocenters. The van der Waals surface area contributed by atoms with Crippen molar-refractivity contribution in [2.75, 3.05) is 0 Å². The molecule has 0 fully saturated rings. The van der Waals surface area contributed by atoms with Gasteiger partial charge in [0.1, 0.15) is 0 Å². The van der Waals surface area contributed by atoms with Crippen LogP contribution in [0.25, 0.3) is 10.8 Å². The first-order chi connectivity index (χ1) is 10.8. The van der Waals surface area contributed by atoms with Gasteiger partial charge in [0.2, 0.25) is 0 Å². The Morgan fingerprint density at radius 2 is 1.77 bits per heavy atom. The number of hydrogen-bond acceptors (Lipinski definition) is 1. The Morgan fingerprint density at radius 3 is 2.59 bits per heavy atom. The number of rotatable bonds is 1. The fourth-order valence-corrected chi connectivity index (χ4v) is 3.82. The molecule has 1 aliphatic rings. The van der Waals surface area contributed by atoms with E-state index in [9.17, 15) is 5.26 Å². The van der Waals surface area contributed by atoms with Crippen molar-refractivity contribution in [2.24, 2.45) is 5.92 Å². The molecule has 0 bridgehead atoms. The van der Waals surface area contributed by atoms with Gasteiger partial charge in [-0.05, 0) is 51.9 Å². The van der Waals surface area contributed by atoms with Gasteiger partial charge >= 0.3 is 0 Å². The quantitative estimate of drug-likeness (QED) is 0.614. The van der Waals surface area contributed by atoms with Crippen LogP contribution in [0, 0.1) is 17.2 Å². The maximum Gasteiger partial charge on any atom is 0.0991 e. The van der Waals surface area contributed by atoms with Gasteiger partial charge in [-0.2, -0.15) is 5.26 Å². The zero-order chi connectivity index (χ0) is 15.1. The van der Waals surface area contributed by atoms with Gasteiger partial charge in [0.05, 0.1) is 11.6 Å². The highest BCUT2D eigenvalue weighted by atomic mass is 14.3. The smallest absolute Gasteiger partial charge is 0.0991 e. The Hall–Kier alpha value is -2.59. The van der Waals surface area contributed by atoms with Gasteiger partial charge in [0.15, 0.2) is 0 Å². The second-order valence-corrected chi connectivity index (χ2v) is 6.29. The fraction of sp³-hybridized carbons (Fsp3) is 0.190. The predicted molar refractivity (Wildman–Crippen MR) is 89.8 cm³/mol. The van der Waals surface area contributed by atoms with E-state index in [1.807, 2.05) is 6.07 Å². The second-order valence-electron chi connectivity index (χ2n) is 6.29. The van der Waals surface area contributed by atoms with Gasteiger partial charge in [-0.15, -0.1) is 0 Å². The molecule has 0 amide bonds. The number of nitriles is 1. The van der Waals surface area contributed by atoms with Gasteiger partial charge in [-0.25, -0.2) is 0 Å². The van der Waals surface area contributed by atoms with Crippen LogP contribution in [0.5, 0.6) is 0 Å². The van der Waals surface area contributed by atoms with Crippen LogP contribution in [0.1, 0.15) is 35.1 Å². The van der Waals surface area contributed by atoms with Gasteiger partial charge in [-0.3, -0.25) is 0 Å². The molecule has 0 spiro atoms. The first kappa shape index (κ1) is 13.1.